The second-order valence-electron chi connectivity index (χ2n) is 9.25. The number of rotatable bonds is 6. The lowest BCUT2D eigenvalue weighted by molar-refractivity contribution is -0.132. The molecule has 3 heterocycles. The lowest BCUT2D eigenvalue weighted by atomic mass is 9.91. The molecule has 5 rings (SSSR count). The maximum atomic E-state index is 12.4. The number of carbonyl (C=O) groups excluding carboxylic acids is 1. The number of likely N-dealkylation sites (tertiary alicyclic amines) is 1. The number of benzene rings is 1. The molecule has 3 aliphatic heterocycles. The molecule has 1 saturated heterocycles. The molecule has 1 aliphatic carbocycles. The quantitative estimate of drug-likeness (QED) is 0.624. The van der Waals surface area contributed by atoms with Crippen LogP contribution in [0, 0.1) is 17.8 Å². The van der Waals surface area contributed by atoms with Crippen molar-refractivity contribution in [1.82, 2.24) is 10.2 Å². The number of allylic oxidation sites excluding steroid dienone is 2. The van der Waals surface area contributed by atoms with Crippen molar-refractivity contribution < 1.29 is 9.90 Å². The summed E-state index contributed by atoms with van der Waals surface area (Å²) in [6.07, 6.45) is 9.14. The minimum absolute atomic E-state index is 0.0872. The van der Waals surface area contributed by atoms with Crippen LogP contribution in [0.1, 0.15) is 37.7 Å². The molecule has 0 aromatic heterocycles. The summed E-state index contributed by atoms with van der Waals surface area (Å²) in [6, 6.07) is 7.31. The van der Waals surface area contributed by atoms with Gasteiger partial charge >= 0.3 is 0 Å². The summed E-state index contributed by atoms with van der Waals surface area (Å²) in [5.74, 6) is 1.85. The van der Waals surface area contributed by atoms with Crippen molar-refractivity contribution in [3.8, 4) is 5.75 Å². The average molecular weight is 497 g/mol. The molecule has 1 amide bonds. The van der Waals surface area contributed by atoms with Crippen LogP contribution in [-0.4, -0.2) is 54.0 Å². The number of hydrogen-bond acceptors (Lipinski definition) is 5. The van der Waals surface area contributed by atoms with Crippen LogP contribution in [0.2, 0.25) is 0 Å². The minimum atomic E-state index is 0.0872. The highest BCUT2D eigenvalue weighted by molar-refractivity contribution is 9.12. The van der Waals surface area contributed by atoms with Crippen molar-refractivity contribution in [3.63, 3.8) is 0 Å². The molecule has 6 nitrogen and oxygen atoms in total. The standard InChI is InChI=1S/C25H29BrN4O2/c26-20-15-27-14-19-21(12-22(29-25(19)20)18-3-1-2-4-23(18)31)28-13-17-7-9-30(10-8-17)24(32)11-16-5-6-16/h1-4,12,15-17,19,28,31H,5-11,13-14H2. The molecule has 1 aromatic rings. The number of dihydropyridines is 2. The van der Waals surface area contributed by atoms with Gasteiger partial charge in [-0.2, -0.15) is 0 Å². The van der Waals surface area contributed by atoms with E-state index in [-0.39, 0.29) is 11.7 Å². The number of aromatic hydroxyl groups is 1. The molecule has 7 heteroatoms. The fraction of sp³-hybridized carbons (Fsp3) is 0.480. The molecular formula is C25H29BrN4O2. The molecule has 1 unspecified atom stereocenters. The lowest BCUT2D eigenvalue weighted by Gasteiger charge is -2.34. The Hall–Kier alpha value is -2.41. The predicted octanol–water partition coefficient (Wildman–Crippen LogP) is 4.01. The van der Waals surface area contributed by atoms with E-state index in [9.17, 15) is 9.90 Å². The van der Waals surface area contributed by atoms with E-state index in [1.54, 1.807) is 6.07 Å². The Morgan fingerprint density at radius 2 is 1.94 bits per heavy atom. The van der Waals surface area contributed by atoms with Gasteiger partial charge in [-0.1, -0.05) is 12.1 Å². The smallest absolute Gasteiger partial charge is 0.222 e. The van der Waals surface area contributed by atoms with Gasteiger partial charge in [0.05, 0.1) is 28.4 Å². The number of para-hydroxylation sites is 1. The van der Waals surface area contributed by atoms with Gasteiger partial charge in [0.25, 0.3) is 0 Å². The van der Waals surface area contributed by atoms with Crippen LogP contribution in [0.4, 0.5) is 0 Å². The summed E-state index contributed by atoms with van der Waals surface area (Å²) in [7, 11) is 0. The normalized spacial score (nSPS) is 23.5. The molecule has 4 aliphatic rings. The maximum Gasteiger partial charge on any atom is 0.222 e. The number of phenols is 1. The van der Waals surface area contributed by atoms with Crippen LogP contribution in [0.25, 0.3) is 0 Å². The number of aliphatic imine (C=N–C) groups is 2. The second kappa shape index (κ2) is 9.22. The monoisotopic (exact) mass is 496 g/mol. The van der Waals surface area contributed by atoms with E-state index >= 15 is 0 Å². The Kier molecular flexibility index (Phi) is 6.17. The van der Waals surface area contributed by atoms with Crippen molar-refractivity contribution in [2.24, 2.45) is 27.7 Å². The summed E-state index contributed by atoms with van der Waals surface area (Å²) in [6.45, 7) is 3.27. The van der Waals surface area contributed by atoms with Crippen LogP contribution in [0.3, 0.4) is 0 Å². The predicted molar refractivity (Wildman–Crippen MR) is 130 cm³/mol. The van der Waals surface area contributed by atoms with Crippen LogP contribution in [-0.2, 0) is 4.79 Å². The average Bonchev–Trinajstić information content (AvgIpc) is 3.62. The van der Waals surface area contributed by atoms with Crippen molar-refractivity contribution in [3.05, 3.63) is 51.8 Å². The van der Waals surface area contributed by atoms with Gasteiger partial charge in [-0.15, -0.1) is 0 Å². The molecule has 0 radical (unpaired) electrons. The second-order valence-corrected chi connectivity index (χ2v) is 10.1. The molecule has 1 aromatic carbocycles. The third-order valence-electron chi connectivity index (χ3n) is 6.88. The fourth-order valence-corrected chi connectivity index (χ4v) is 5.20. The zero-order chi connectivity index (χ0) is 22.1. The minimum Gasteiger partial charge on any atom is -0.507 e. The van der Waals surface area contributed by atoms with Gasteiger partial charge < -0.3 is 15.3 Å². The number of halogens is 1. The zero-order valence-electron chi connectivity index (χ0n) is 18.1. The summed E-state index contributed by atoms with van der Waals surface area (Å²) >= 11 is 3.61. The van der Waals surface area contributed by atoms with Gasteiger partial charge in [0.2, 0.25) is 5.91 Å². The Bertz CT molecular complexity index is 1020. The first-order valence-corrected chi connectivity index (χ1v) is 12.4. The SMILES string of the molecule is O=C(CC1CC1)N1CCC(CNC2=CC(c3ccccc3O)=NC3=C(Br)C=NCC23)CC1. The molecular weight excluding hydrogens is 468 g/mol. The molecule has 168 valence electrons. The van der Waals surface area contributed by atoms with E-state index < -0.39 is 0 Å². The highest BCUT2D eigenvalue weighted by atomic mass is 79.9. The largest absolute Gasteiger partial charge is 0.507 e. The van der Waals surface area contributed by atoms with Crippen molar-refractivity contribution in [2.45, 2.75) is 32.1 Å². The molecule has 32 heavy (non-hydrogen) atoms. The maximum absolute atomic E-state index is 12.4. The van der Waals surface area contributed by atoms with Crippen LogP contribution < -0.4 is 5.32 Å². The van der Waals surface area contributed by atoms with Crippen molar-refractivity contribution in [2.75, 3.05) is 26.2 Å². The van der Waals surface area contributed by atoms with Crippen LogP contribution in [0.15, 0.2) is 56.2 Å². The van der Waals surface area contributed by atoms with E-state index in [0.717, 1.165) is 66.0 Å². The van der Waals surface area contributed by atoms with Crippen molar-refractivity contribution in [1.29, 1.82) is 0 Å². The van der Waals surface area contributed by atoms with Gasteiger partial charge in [-0.05, 0) is 71.7 Å². The first-order chi connectivity index (χ1) is 15.6. The number of fused-ring (bicyclic) bond motifs is 1. The number of carbonyl (C=O) groups is 1. The van der Waals surface area contributed by atoms with Gasteiger partial charge in [0, 0.05) is 43.5 Å². The number of phenolic OH excluding ortho intramolecular Hbond substituents is 1. The fourth-order valence-electron chi connectivity index (χ4n) is 4.69. The Morgan fingerprint density at radius 1 is 1.16 bits per heavy atom. The Balaban J connectivity index is 1.26. The number of amides is 1. The van der Waals surface area contributed by atoms with E-state index in [1.165, 1.54) is 12.8 Å². The van der Waals surface area contributed by atoms with Crippen LogP contribution >= 0.6 is 15.9 Å². The molecule has 0 spiro atoms. The third kappa shape index (κ3) is 4.68. The topological polar surface area (TPSA) is 77.3 Å². The number of hydrogen-bond donors (Lipinski definition) is 2. The van der Waals surface area contributed by atoms with Gasteiger partial charge in [0.15, 0.2) is 0 Å². The third-order valence-corrected chi connectivity index (χ3v) is 7.49. The Morgan fingerprint density at radius 3 is 2.69 bits per heavy atom. The van der Waals surface area contributed by atoms with E-state index in [4.69, 9.17) is 4.99 Å². The molecule has 1 atom stereocenters. The highest BCUT2D eigenvalue weighted by Gasteiger charge is 2.31. The first kappa shape index (κ1) is 21.4. The van der Waals surface area contributed by atoms with E-state index in [0.29, 0.717) is 24.3 Å². The first-order valence-electron chi connectivity index (χ1n) is 11.6. The van der Waals surface area contributed by atoms with Crippen molar-refractivity contribution >= 4 is 33.8 Å². The molecule has 1 saturated carbocycles. The number of nitrogens with zero attached hydrogens (tertiary/aromatic N) is 3. The van der Waals surface area contributed by atoms with E-state index in [1.807, 2.05) is 24.4 Å². The van der Waals surface area contributed by atoms with Gasteiger partial charge in [0.1, 0.15) is 5.75 Å². The number of nitrogens with one attached hydrogen (secondary N) is 1. The molecule has 0 bridgehead atoms. The number of piperidine rings is 1. The molecule has 2 N–H and O–H groups in total. The van der Waals surface area contributed by atoms with Gasteiger partial charge in [-0.25, -0.2) is 0 Å². The zero-order valence-corrected chi connectivity index (χ0v) is 19.7. The summed E-state index contributed by atoms with van der Waals surface area (Å²) in [5, 5.41) is 14.0. The van der Waals surface area contributed by atoms with Gasteiger partial charge in [-0.3, -0.25) is 14.8 Å². The summed E-state index contributed by atoms with van der Waals surface area (Å²) in [5.41, 5.74) is 3.52. The Labute approximate surface area is 197 Å². The molecule has 2 fully saturated rings. The summed E-state index contributed by atoms with van der Waals surface area (Å²) in [4.78, 5) is 23.8. The summed E-state index contributed by atoms with van der Waals surface area (Å²) < 4.78 is 0.886. The highest BCUT2D eigenvalue weighted by Crippen LogP contribution is 2.35. The van der Waals surface area contributed by atoms with E-state index in [2.05, 4.69) is 37.2 Å². The lowest BCUT2D eigenvalue weighted by Crippen LogP contribution is -2.41. The van der Waals surface area contributed by atoms with Crippen LogP contribution in [0.5, 0.6) is 5.75 Å².